The van der Waals surface area contributed by atoms with E-state index in [-0.39, 0.29) is 11.6 Å². The van der Waals surface area contributed by atoms with E-state index in [0.29, 0.717) is 22.5 Å². The Kier molecular flexibility index (Phi) is 4.10. The van der Waals surface area contributed by atoms with E-state index in [0.717, 1.165) is 5.69 Å². The van der Waals surface area contributed by atoms with Crippen molar-refractivity contribution in [3.05, 3.63) is 65.2 Å². The number of nitrogens with one attached hydrogen (secondary N) is 2. The molecule has 0 bridgehead atoms. The highest BCUT2D eigenvalue weighted by Gasteiger charge is 2.27. The molecule has 0 radical (unpaired) electrons. The molecule has 2 rings (SSSR count). The molecule has 3 N–H and O–H groups in total. The second-order valence-corrected chi connectivity index (χ2v) is 5.73. The first-order valence-corrected chi connectivity index (χ1v) is 6.88. The van der Waals surface area contributed by atoms with E-state index >= 15 is 0 Å². The van der Waals surface area contributed by atoms with Crippen molar-refractivity contribution in [2.75, 3.05) is 0 Å². The van der Waals surface area contributed by atoms with Crippen LogP contribution in [0, 0.1) is 12.3 Å². The molecule has 0 spiro atoms. The monoisotopic (exact) mass is 297 g/mol. The molecule has 0 atom stereocenters. The highest BCUT2D eigenvalue weighted by atomic mass is 16.3. The minimum Gasteiger partial charge on any atom is -0.386 e. The smallest absolute Gasteiger partial charge is 0.274 e. The van der Waals surface area contributed by atoms with Gasteiger partial charge in [-0.2, -0.15) is 0 Å². The number of allylic oxidation sites excluding steroid dienone is 3. The Balaban J connectivity index is 2.32. The molecule has 0 aromatic carbocycles. The molecular weight excluding hydrogens is 278 g/mol. The van der Waals surface area contributed by atoms with Crippen LogP contribution >= 0.6 is 0 Å². The van der Waals surface area contributed by atoms with Crippen molar-refractivity contribution in [3.8, 4) is 0 Å². The predicted molar refractivity (Wildman–Crippen MR) is 85.8 cm³/mol. The Bertz CT molecular complexity index is 722. The predicted octanol–water partition coefficient (Wildman–Crippen LogP) is 2.29. The SMILES string of the molecule is C=C1C=C(NC(=O)c2cccc(C)n2)C(C(C)(C)O)=CC1=N. The number of hydrogen-bond donors (Lipinski definition) is 3. The first-order valence-electron chi connectivity index (χ1n) is 6.88. The number of aliphatic hydroxyl groups is 1. The summed E-state index contributed by atoms with van der Waals surface area (Å²) in [4.78, 5) is 16.5. The molecule has 0 saturated carbocycles. The molecule has 1 amide bonds. The van der Waals surface area contributed by atoms with Crippen LogP contribution in [0.5, 0.6) is 0 Å². The number of carbonyl (C=O) groups is 1. The van der Waals surface area contributed by atoms with Gasteiger partial charge in [0.15, 0.2) is 0 Å². The lowest BCUT2D eigenvalue weighted by Crippen LogP contribution is -2.34. The lowest BCUT2D eigenvalue weighted by Gasteiger charge is -2.27. The number of aromatic nitrogens is 1. The van der Waals surface area contributed by atoms with Crippen LogP contribution in [0.2, 0.25) is 0 Å². The second-order valence-electron chi connectivity index (χ2n) is 5.73. The summed E-state index contributed by atoms with van der Waals surface area (Å²) in [6, 6.07) is 5.19. The summed E-state index contributed by atoms with van der Waals surface area (Å²) in [6.07, 6.45) is 3.10. The Labute approximate surface area is 129 Å². The standard InChI is InChI=1S/C17H19N3O2/c1-10-8-15(12(9-13(10)18)17(3,4)22)20-16(21)14-7-5-6-11(2)19-14/h5-9,18,22H,1H2,2-4H3,(H,20,21). The fourth-order valence-corrected chi connectivity index (χ4v) is 2.11. The van der Waals surface area contributed by atoms with E-state index < -0.39 is 5.60 Å². The molecular formula is C17H19N3O2. The second kappa shape index (κ2) is 5.69. The van der Waals surface area contributed by atoms with Gasteiger partial charge in [-0.05, 0) is 50.6 Å². The average molecular weight is 297 g/mol. The van der Waals surface area contributed by atoms with E-state index in [4.69, 9.17) is 5.41 Å². The minimum atomic E-state index is -1.19. The molecule has 1 aliphatic rings. The number of hydrogen-bond acceptors (Lipinski definition) is 4. The maximum Gasteiger partial charge on any atom is 0.274 e. The van der Waals surface area contributed by atoms with Gasteiger partial charge in [0.25, 0.3) is 5.91 Å². The lowest BCUT2D eigenvalue weighted by atomic mass is 9.88. The van der Waals surface area contributed by atoms with Crippen LogP contribution < -0.4 is 5.32 Å². The zero-order valence-corrected chi connectivity index (χ0v) is 12.9. The fourth-order valence-electron chi connectivity index (χ4n) is 2.11. The van der Waals surface area contributed by atoms with Crippen molar-refractivity contribution in [1.29, 1.82) is 5.41 Å². The number of nitrogens with zero attached hydrogens (tertiary/aromatic N) is 1. The fraction of sp³-hybridized carbons (Fsp3) is 0.235. The van der Waals surface area contributed by atoms with Gasteiger partial charge in [-0.1, -0.05) is 12.6 Å². The van der Waals surface area contributed by atoms with E-state index in [2.05, 4.69) is 16.9 Å². The van der Waals surface area contributed by atoms with Gasteiger partial charge in [-0.25, -0.2) is 4.98 Å². The van der Waals surface area contributed by atoms with Crippen LogP contribution in [-0.4, -0.2) is 27.3 Å². The Morgan fingerprint density at radius 3 is 2.64 bits per heavy atom. The van der Waals surface area contributed by atoms with Crippen LogP contribution in [0.15, 0.2) is 53.8 Å². The van der Waals surface area contributed by atoms with Gasteiger partial charge in [0.1, 0.15) is 5.69 Å². The number of pyridine rings is 1. The Morgan fingerprint density at radius 2 is 2.05 bits per heavy atom. The number of aryl methyl sites for hydroxylation is 1. The molecule has 22 heavy (non-hydrogen) atoms. The van der Waals surface area contributed by atoms with Gasteiger partial charge >= 0.3 is 0 Å². The lowest BCUT2D eigenvalue weighted by molar-refractivity contribution is 0.0953. The summed E-state index contributed by atoms with van der Waals surface area (Å²) in [5.41, 5.74) is 1.43. The van der Waals surface area contributed by atoms with Gasteiger partial charge in [0.05, 0.1) is 11.3 Å². The van der Waals surface area contributed by atoms with Gasteiger partial charge in [-0.3, -0.25) is 4.79 Å². The van der Waals surface area contributed by atoms with Crippen molar-refractivity contribution >= 4 is 11.6 Å². The number of amides is 1. The average Bonchev–Trinajstić information content (AvgIpc) is 2.41. The molecule has 114 valence electrons. The summed E-state index contributed by atoms with van der Waals surface area (Å²) in [5.74, 6) is -0.369. The number of rotatable bonds is 3. The highest BCUT2D eigenvalue weighted by Crippen LogP contribution is 2.27. The third-order valence-electron chi connectivity index (χ3n) is 3.27. The Morgan fingerprint density at radius 1 is 1.36 bits per heavy atom. The normalized spacial score (nSPS) is 15.3. The van der Waals surface area contributed by atoms with Crippen LogP contribution in [0.4, 0.5) is 0 Å². The van der Waals surface area contributed by atoms with Gasteiger partial charge < -0.3 is 15.8 Å². The van der Waals surface area contributed by atoms with Gasteiger partial charge in [0, 0.05) is 17.0 Å². The zero-order chi connectivity index (χ0) is 16.5. The topological polar surface area (TPSA) is 86.1 Å². The van der Waals surface area contributed by atoms with Crippen LogP contribution in [-0.2, 0) is 0 Å². The molecule has 5 nitrogen and oxygen atoms in total. The maximum absolute atomic E-state index is 12.3. The van der Waals surface area contributed by atoms with E-state index in [9.17, 15) is 9.90 Å². The van der Waals surface area contributed by atoms with E-state index in [1.165, 1.54) is 6.08 Å². The van der Waals surface area contributed by atoms with Gasteiger partial charge in [0.2, 0.25) is 0 Å². The first kappa shape index (κ1) is 15.9. The molecule has 0 aliphatic heterocycles. The molecule has 1 aromatic rings. The molecule has 0 unspecified atom stereocenters. The van der Waals surface area contributed by atoms with Crippen molar-refractivity contribution in [2.24, 2.45) is 0 Å². The van der Waals surface area contributed by atoms with Crippen LogP contribution in [0.25, 0.3) is 0 Å². The van der Waals surface area contributed by atoms with E-state index in [1.54, 1.807) is 32.1 Å². The Hall–Kier alpha value is -2.53. The largest absolute Gasteiger partial charge is 0.386 e. The first-order chi connectivity index (χ1) is 10.2. The highest BCUT2D eigenvalue weighted by molar-refractivity contribution is 6.10. The third-order valence-corrected chi connectivity index (χ3v) is 3.27. The van der Waals surface area contributed by atoms with Crippen molar-refractivity contribution < 1.29 is 9.90 Å². The summed E-state index contributed by atoms with van der Waals surface area (Å²) in [6.45, 7) is 8.77. The number of carbonyl (C=O) groups excluding carboxylic acids is 1. The summed E-state index contributed by atoms with van der Waals surface area (Å²) >= 11 is 0. The summed E-state index contributed by atoms with van der Waals surface area (Å²) in [5, 5.41) is 20.8. The molecule has 5 heteroatoms. The molecule has 0 saturated heterocycles. The van der Waals surface area contributed by atoms with Crippen molar-refractivity contribution in [2.45, 2.75) is 26.4 Å². The van der Waals surface area contributed by atoms with Gasteiger partial charge in [-0.15, -0.1) is 0 Å². The third kappa shape index (κ3) is 3.38. The van der Waals surface area contributed by atoms with E-state index in [1.807, 2.05) is 13.0 Å². The molecule has 0 fully saturated rings. The van der Waals surface area contributed by atoms with Crippen LogP contribution in [0.1, 0.15) is 30.0 Å². The summed E-state index contributed by atoms with van der Waals surface area (Å²) < 4.78 is 0. The van der Waals surface area contributed by atoms with Crippen LogP contribution in [0.3, 0.4) is 0 Å². The summed E-state index contributed by atoms with van der Waals surface area (Å²) in [7, 11) is 0. The quantitative estimate of drug-likeness (QED) is 0.800. The molecule has 1 heterocycles. The van der Waals surface area contributed by atoms with Crippen molar-refractivity contribution in [1.82, 2.24) is 10.3 Å². The minimum absolute atomic E-state index is 0.212. The molecule has 1 aliphatic carbocycles. The van der Waals surface area contributed by atoms with Crippen molar-refractivity contribution in [3.63, 3.8) is 0 Å². The maximum atomic E-state index is 12.3. The zero-order valence-electron chi connectivity index (χ0n) is 12.9. The molecule has 1 aromatic heterocycles.